The van der Waals surface area contributed by atoms with Crippen molar-refractivity contribution >= 4 is 24.2 Å². The second-order valence-electron chi connectivity index (χ2n) is 5.71. The molecule has 2 amide bonds. The van der Waals surface area contributed by atoms with Crippen LogP contribution in [0.4, 0.5) is 0 Å². The molecule has 0 aliphatic heterocycles. The van der Waals surface area contributed by atoms with Crippen molar-refractivity contribution in [2.24, 2.45) is 5.92 Å². The number of rotatable bonds is 8. The van der Waals surface area contributed by atoms with E-state index in [9.17, 15) is 9.59 Å². The number of carbonyl (C=O) groups is 2. The molecule has 1 rings (SSSR count). The molecular weight excluding hydrogens is 314 g/mol. The van der Waals surface area contributed by atoms with E-state index >= 15 is 0 Å². The minimum absolute atomic E-state index is 0. The monoisotopic (exact) mass is 341 g/mol. The lowest BCUT2D eigenvalue weighted by molar-refractivity contribution is -0.123. The first-order chi connectivity index (χ1) is 10.5. The number of likely N-dealkylation sites (N-methyl/N-ethyl adjacent to an activating group) is 1. The molecule has 6 heteroatoms. The third-order valence-corrected chi connectivity index (χ3v) is 3.40. The normalized spacial score (nSPS) is 11.5. The van der Waals surface area contributed by atoms with Crippen molar-refractivity contribution < 1.29 is 9.59 Å². The van der Waals surface area contributed by atoms with E-state index in [4.69, 9.17) is 0 Å². The third-order valence-electron chi connectivity index (χ3n) is 3.40. The molecule has 1 unspecified atom stereocenters. The Labute approximate surface area is 145 Å². The van der Waals surface area contributed by atoms with Gasteiger partial charge < -0.3 is 16.0 Å². The third kappa shape index (κ3) is 7.48. The van der Waals surface area contributed by atoms with Gasteiger partial charge in [-0.25, -0.2) is 0 Å². The fourth-order valence-corrected chi connectivity index (χ4v) is 2.03. The van der Waals surface area contributed by atoms with Gasteiger partial charge in [0.2, 0.25) is 5.91 Å². The quantitative estimate of drug-likeness (QED) is 0.632. The van der Waals surface area contributed by atoms with E-state index in [1.54, 1.807) is 12.1 Å². The molecule has 0 radical (unpaired) electrons. The molecule has 130 valence electrons. The summed E-state index contributed by atoms with van der Waals surface area (Å²) in [6, 6.07) is 6.78. The van der Waals surface area contributed by atoms with Crippen LogP contribution >= 0.6 is 12.4 Å². The number of nitrogens with one attached hydrogen (secondary N) is 3. The van der Waals surface area contributed by atoms with Crippen LogP contribution in [0, 0.1) is 12.8 Å². The van der Waals surface area contributed by atoms with Crippen LogP contribution in [0.3, 0.4) is 0 Å². The van der Waals surface area contributed by atoms with Gasteiger partial charge in [-0.3, -0.25) is 9.59 Å². The number of amides is 2. The van der Waals surface area contributed by atoms with Crippen molar-refractivity contribution in [1.82, 2.24) is 16.0 Å². The molecule has 0 spiro atoms. The second-order valence-corrected chi connectivity index (χ2v) is 5.71. The summed E-state index contributed by atoms with van der Waals surface area (Å²) < 4.78 is 0. The number of aryl methyl sites for hydroxylation is 1. The van der Waals surface area contributed by atoms with E-state index in [2.05, 4.69) is 16.0 Å². The van der Waals surface area contributed by atoms with Gasteiger partial charge in [-0.1, -0.05) is 38.5 Å². The topological polar surface area (TPSA) is 70.2 Å². The molecule has 0 fully saturated rings. The number of carbonyl (C=O) groups excluding carboxylic acids is 2. The Hall–Kier alpha value is -1.59. The highest BCUT2D eigenvalue weighted by molar-refractivity contribution is 5.97. The van der Waals surface area contributed by atoms with Crippen LogP contribution in [-0.2, 0) is 4.79 Å². The van der Waals surface area contributed by atoms with Crippen molar-refractivity contribution in [2.75, 3.05) is 19.6 Å². The first kappa shape index (κ1) is 21.4. The maximum atomic E-state index is 12.2. The lowest BCUT2D eigenvalue weighted by Crippen LogP contribution is -2.50. The minimum Gasteiger partial charge on any atom is -0.353 e. The lowest BCUT2D eigenvalue weighted by Gasteiger charge is -2.22. The van der Waals surface area contributed by atoms with Gasteiger partial charge >= 0.3 is 0 Å². The second kappa shape index (κ2) is 11.0. The predicted octanol–water partition coefficient (Wildman–Crippen LogP) is 1.90. The zero-order valence-electron chi connectivity index (χ0n) is 14.3. The summed E-state index contributed by atoms with van der Waals surface area (Å²) in [5.41, 5.74) is 1.66. The van der Waals surface area contributed by atoms with E-state index in [1.807, 2.05) is 39.8 Å². The van der Waals surface area contributed by atoms with Gasteiger partial charge in [-0.2, -0.15) is 0 Å². The van der Waals surface area contributed by atoms with Crippen LogP contribution in [0.25, 0.3) is 0 Å². The fraction of sp³-hybridized carbons (Fsp3) is 0.529. The summed E-state index contributed by atoms with van der Waals surface area (Å²) in [5.74, 6) is -0.345. The van der Waals surface area contributed by atoms with E-state index < -0.39 is 6.04 Å². The summed E-state index contributed by atoms with van der Waals surface area (Å²) in [4.78, 5) is 24.5. The van der Waals surface area contributed by atoms with Crippen molar-refractivity contribution in [3.05, 3.63) is 35.4 Å². The maximum Gasteiger partial charge on any atom is 0.251 e. The molecule has 0 aliphatic rings. The van der Waals surface area contributed by atoms with E-state index in [-0.39, 0.29) is 30.1 Å². The summed E-state index contributed by atoms with van der Waals surface area (Å²) in [5, 5.41) is 8.81. The molecular formula is C17H28ClN3O2. The van der Waals surface area contributed by atoms with Crippen molar-refractivity contribution in [1.29, 1.82) is 0 Å². The first-order valence-corrected chi connectivity index (χ1v) is 7.81. The Bertz CT molecular complexity index is 489. The van der Waals surface area contributed by atoms with Gasteiger partial charge in [0.05, 0.1) is 0 Å². The van der Waals surface area contributed by atoms with Crippen LogP contribution in [0.2, 0.25) is 0 Å². The lowest BCUT2D eigenvalue weighted by atomic mass is 10.0. The molecule has 23 heavy (non-hydrogen) atoms. The molecule has 0 heterocycles. The summed E-state index contributed by atoms with van der Waals surface area (Å²) in [6.45, 7) is 9.97. The number of hydrogen-bond acceptors (Lipinski definition) is 3. The molecule has 5 nitrogen and oxygen atoms in total. The van der Waals surface area contributed by atoms with E-state index in [1.165, 1.54) is 0 Å². The Morgan fingerprint density at radius 3 is 2.22 bits per heavy atom. The molecule has 0 saturated carbocycles. The summed E-state index contributed by atoms with van der Waals surface area (Å²) in [7, 11) is 0. The van der Waals surface area contributed by atoms with Gasteiger partial charge in [-0.05, 0) is 31.5 Å². The highest BCUT2D eigenvalue weighted by Gasteiger charge is 2.24. The molecule has 0 aromatic heterocycles. The average molecular weight is 342 g/mol. The van der Waals surface area contributed by atoms with Crippen molar-refractivity contribution in [3.8, 4) is 0 Å². The van der Waals surface area contributed by atoms with Gasteiger partial charge in [0, 0.05) is 18.7 Å². The maximum absolute atomic E-state index is 12.2. The number of halogens is 1. The zero-order chi connectivity index (χ0) is 16.5. The van der Waals surface area contributed by atoms with Crippen LogP contribution in [0.15, 0.2) is 24.3 Å². The first-order valence-electron chi connectivity index (χ1n) is 7.81. The highest BCUT2D eigenvalue weighted by Crippen LogP contribution is 2.06. The van der Waals surface area contributed by atoms with Gasteiger partial charge in [-0.15, -0.1) is 12.4 Å². The van der Waals surface area contributed by atoms with Crippen LogP contribution in [0.1, 0.15) is 36.7 Å². The molecule has 0 aliphatic carbocycles. The van der Waals surface area contributed by atoms with Crippen molar-refractivity contribution in [3.63, 3.8) is 0 Å². The largest absolute Gasteiger partial charge is 0.353 e. The van der Waals surface area contributed by atoms with Gasteiger partial charge in [0.1, 0.15) is 6.04 Å². The molecule has 3 N–H and O–H groups in total. The average Bonchev–Trinajstić information content (AvgIpc) is 2.49. The fourth-order valence-electron chi connectivity index (χ4n) is 2.03. The zero-order valence-corrected chi connectivity index (χ0v) is 15.1. The van der Waals surface area contributed by atoms with E-state index in [0.29, 0.717) is 12.1 Å². The SMILES string of the molecule is CCNCCNC(=O)C(NC(=O)c1ccc(C)cc1)C(C)C.Cl. The molecule has 1 aromatic rings. The number of benzene rings is 1. The smallest absolute Gasteiger partial charge is 0.251 e. The Kier molecular flexibility index (Phi) is 10.3. The minimum atomic E-state index is -0.532. The Balaban J connectivity index is 0.00000484. The summed E-state index contributed by atoms with van der Waals surface area (Å²) in [6.07, 6.45) is 0. The predicted molar refractivity (Wildman–Crippen MR) is 96.1 cm³/mol. The van der Waals surface area contributed by atoms with Crippen LogP contribution in [-0.4, -0.2) is 37.5 Å². The van der Waals surface area contributed by atoms with E-state index in [0.717, 1.165) is 18.7 Å². The Morgan fingerprint density at radius 2 is 1.70 bits per heavy atom. The molecule has 1 aromatic carbocycles. The summed E-state index contributed by atoms with van der Waals surface area (Å²) >= 11 is 0. The molecule has 1 atom stereocenters. The van der Waals surface area contributed by atoms with Crippen LogP contribution < -0.4 is 16.0 Å². The van der Waals surface area contributed by atoms with Gasteiger partial charge in [0.25, 0.3) is 5.91 Å². The number of hydrogen-bond donors (Lipinski definition) is 3. The Morgan fingerprint density at radius 1 is 1.09 bits per heavy atom. The molecule has 0 bridgehead atoms. The van der Waals surface area contributed by atoms with Gasteiger partial charge in [0.15, 0.2) is 0 Å². The van der Waals surface area contributed by atoms with Crippen LogP contribution in [0.5, 0.6) is 0 Å². The molecule has 0 saturated heterocycles. The standard InChI is InChI=1S/C17H27N3O2.ClH/c1-5-18-10-11-19-17(22)15(12(2)3)20-16(21)14-8-6-13(4)7-9-14;/h6-9,12,15,18H,5,10-11H2,1-4H3,(H,19,22)(H,20,21);1H. The van der Waals surface area contributed by atoms with Crippen molar-refractivity contribution in [2.45, 2.75) is 33.7 Å². The highest BCUT2D eigenvalue weighted by atomic mass is 35.5.